The Kier molecular flexibility index (Phi) is 34.8. The third-order valence-corrected chi connectivity index (χ3v) is 7.99. The molecule has 0 spiro atoms. The van der Waals surface area contributed by atoms with Gasteiger partial charge in [0.25, 0.3) is 0 Å². The Balaban J connectivity index is -0.000000235. The molecule has 0 aliphatic heterocycles. The summed E-state index contributed by atoms with van der Waals surface area (Å²) in [6.45, 7) is 5.24. The first-order valence-electron chi connectivity index (χ1n) is 5.71. The average molecular weight is 356 g/mol. The Morgan fingerprint density at radius 3 is 2.00 bits per heavy atom. The molecule has 0 rings (SSSR count). The van der Waals surface area contributed by atoms with Crippen molar-refractivity contribution in [1.29, 1.82) is 0 Å². The zero-order chi connectivity index (χ0) is 13.2. The van der Waals surface area contributed by atoms with Crippen LogP contribution in [0.3, 0.4) is 0 Å². The number of rotatable bonds is 6. The van der Waals surface area contributed by atoms with Crippen molar-refractivity contribution in [2.45, 2.75) is 44.1 Å². The molecule has 0 bridgehead atoms. The van der Waals surface area contributed by atoms with E-state index < -0.39 is 0 Å². The van der Waals surface area contributed by atoms with Gasteiger partial charge >= 0.3 is 78.9 Å². The van der Waals surface area contributed by atoms with Crippen LogP contribution >= 0.6 is 11.8 Å². The fraction of sp³-hybridized carbons (Fsp3) is 1.00. The van der Waals surface area contributed by atoms with E-state index in [9.17, 15) is 0 Å². The molecule has 3 nitrogen and oxygen atoms in total. The van der Waals surface area contributed by atoms with Gasteiger partial charge in [-0.2, -0.15) is 0 Å². The summed E-state index contributed by atoms with van der Waals surface area (Å²) in [4.78, 5) is 0. The molecular formula is C11H27NO2SSn. The second kappa shape index (κ2) is 25.0. The van der Waals surface area contributed by atoms with Gasteiger partial charge in [0.2, 0.25) is 0 Å². The molecule has 0 radical (unpaired) electrons. The third kappa shape index (κ3) is 45.9. The molecule has 1 atom stereocenters. The Morgan fingerprint density at radius 1 is 1.25 bits per heavy atom. The van der Waals surface area contributed by atoms with Crippen LogP contribution in [0.1, 0.15) is 33.6 Å². The third-order valence-electron chi connectivity index (χ3n) is 1.26. The molecule has 0 aliphatic rings. The fourth-order valence-corrected chi connectivity index (χ4v) is 5.35. The van der Waals surface area contributed by atoms with Crippen molar-refractivity contribution in [2.75, 3.05) is 23.2 Å². The summed E-state index contributed by atoms with van der Waals surface area (Å²) in [5, 5.41) is 17.9. The first-order valence-corrected chi connectivity index (χ1v) is 11.1. The molecule has 0 saturated heterocycles. The number of hydrogen-bond donors (Lipinski definition) is 1. The van der Waals surface area contributed by atoms with Crippen LogP contribution in [-0.2, 0) is 0 Å². The fourth-order valence-electron chi connectivity index (χ4n) is 0.723. The monoisotopic (exact) mass is 357 g/mol. The molecule has 16 heavy (non-hydrogen) atoms. The first kappa shape index (κ1) is 22.2. The van der Waals surface area contributed by atoms with E-state index in [1.807, 2.05) is 11.8 Å². The molecule has 0 aromatic carbocycles. The SMILES string of the molecule is CC[O-].CC[O-].CS[CH2][Sn+2][CH2]CCC(C)N. The van der Waals surface area contributed by atoms with E-state index in [1.165, 1.54) is 21.0 Å². The molecule has 0 heterocycles. The number of nitrogens with two attached hydrogens (primary N) is 1. The van der Waals surface area contributed by atoms with Crippen molar-refractivity contribution in [2.24, 2.45) is 5.73 Å². The van der Waals surface area contributed by atoms with Gasteiger partial charge in [0, 0.05) is 0 Å². The van der Waals surface area contributed by atoms with Gasteiger partial charge in [0.15, 0.2) is 0 Å². The molecule has 2 N–H and O–H groups in total. The molecular weight excluding hydrogens is 329 g/mol. The summed E-state index contributed by atoms with van der Waals surface area (Å²) in [5.74, 6) is 0. The average Bonchev–Trinajstić information content (AvgIpc) is 2.19. The summed E-state index contributed by atoms with van der Waals surface area (Å²) in [5.41, 5.74) is 5.62. The summed E-state index contributed by atoms with van der Waals surface area (Å²) in [6, 6.07) is 0.425. The molecule has 98 valence electrons. The molecule has 0 saturated carbocycles. The Morgan fingerprint density at radius 2 is 1.69 bits per heavy atom. The second-order valence-electron chi connectivity index (χ2n) is 3.13. The van der Waals surface area contributed by atoms with Crippen LogP contribution < -0.4 is 15.9 Å². The number of hydrogen-bond acceptors (Lipinski definition) is 4. The minimum atomic E-state index is 0. The molecule has 1 unspecified atom stereocenters. The topological polar surface area (TPSA) is 72.1 Å². The predicted octanol–water partition coefficient (Wildman–Crippen LogP) is 0.290. The predicted molar refractivity (Wildman–Crippen MR) is 72.9 cm³/mol. The molecule has 0 aromatic rings. The van der Waals surface area contributed by atoms with Crippen LogP contribution in [0.5, 0.6) is 0 Å². The minimum absolute atomic E-state index is 0. The van der Waals surface area contributed by atoms with Crippen molar-refractivity contribution < 1.29 is 10.2 Å². The summed E-state index contributed by atoms with van der Waals surface area (Å²) in [6.07, 6.45) is 4.81. The van der Waals surface area contributed by atoms with Crippen LogP contribution in [0.2, 0.25) is 4.44 Å². The standard InChI is InChI=1S/C5H12N.2C2H5O.C2H5S.Sn/c1-3-4-5(2)6;2*1-2-3;1-3-2;/h5H,1,3-4,6H2,2H3;2*2H2,1H3;1H2,2H3;/q;2*-1;;+2. The van der Waals surface area contributed by atoms with E-state index in [-0.39, 0.29) is 34.4 Å². The van der Waals surface area contributed by atoms with Crippen LogP contribution in [0.4, 0.5) is 0 Å². The second-order valence-corrected chi connectivity index (χ2v) is 9.32. The van der Waals surface area contributed by atoms with Crippen molar-refractivity contribution in [3.05, 3.63) is 0 Å². The van der Waals surface area contributed by atoms with Crippen LogP contribution in [-0.4, -0.2) is 50.4 Å². The van der Waals surface area contributed by atoms with Crippen molar-refractivity contribution >= 4 is 32.9 Å². The van der Waals surface area contributed by atoms with Gasteiger partial charge in [0.1, 0.15) is 0 Å². The van der Waals surface area contributed by atoms with E-state index in [0.717, 1.165) is 0 Å². The van der Waals surface area contributed by atoms with E-state index >= 15 is 0 Å². The van der Waals surface area contributed by atoms with Crippen LogP contribution in [0, 0.1) is 0 Å². The molecule has 0 aromatic heterocycles. The van der Waals surface area contributed by atoms with Gasteiger partial charge in [-0.25, -0.2) is 0 Å². The normalized spacial score (nSPS) is 10.2. The molecule has 0 fully saturated rings. The Bertz CT molecular complexity index is 96.1. The first-order chi connectivity index (χ1) is 7.60. The van der Waals surface area contributed by atoms with Gasteiger partial charge in [-0.15, -0.1) is 13.2 Å². The summed E-state index contributed by atoms with van der Waals surface area (Å²) >= 11 is 2.04. The van der Waals surface area contributed by atoms with Gasteiger partial charge in [0.05, 0.1) is 0 Å². The molecule has 0 aliphatic carbocycles. The van der Waals surface area contributed by atoms with E-state index in [2.05, 4.69) is 13.2 Å². The van der Waals surface area contributed by atoms with Crippen LogP contribution in [0.15, 0.2) is 0 Å². The van der Waals surface area contributed by atoms with E-state index in [4.69, 9.17) is 15.9 Å². The maximum atomic E-state index is 8.93. The van der Waals surface area contributed by atoms with Crippen molar-refractivity contribution in [3.8, 4) is 0 Å². The van der Waals surface area contributed by atoms with Crippen molar-refractivity contribution in [1.82, 2.24) is 0 Å². The van der Waals surface area contributed by atoms with Gasteiger partial charge < -0.3 is 10.2 Å². The quantitative estimate of drug-likeness (QED) is 0.549. The van der Waals surface area contributed by atoms with Gasteiger partial charge in [-0.1, -0.05) is 13.8 Å². The summed E-state index contributed by atoms with van der Waals surface area (Å²) < 4.78 is 2.99. The van der Waals surface area contributed by atoms with Crippen molar-refractivity contribution in [3.63, 3.8) is 0 Å². The maximum absolute atomic E-state index is 8.93. The molecule has 0 amide bonds. The van der Waals surface area contributed by atoms with E-state index in [0.29, 0.717) is 6.04 Å². The summed E-state index contributed by atoms with van der Waals surface area (Å²) in [7, 11) is 0. The Labute approximate surface area is 116 Å². The van der Waals surface area contributed by atoms with E-state index in [1.54, 1.807) is 13.8 Å². The zero-order valence-corrected chi connectivity index (χ0v) is 14.8. The van der Waals surface area contributed by atoms with Crippen LogP contribution in [0.25, 0.3) is 0 Å². The number of thioether (sulfide) groups is 1. The Hall–Kier alpha value is 1.03. The van der Waals surface area contributed by atoms with Gasteiger partial charge in [-0.3, -0.25) is 0 Å². The van der Waals surface area contributed by atoms with Gasteiger partial charge in [-0.05, 0) is 0 Å². The molecule has 5 heteroatoms. The zero-order valence-electron chi connectivity index (χ0n) is 11.1.